The van der Waals surface area contributed by atoms with Crippen LogP contribution in [0.3, 0.4) is 0 Å². The minimum absolute atomic E-state index is 0. The van der Waals surface area contributed by atoms with Gasteiger partial charge < -0.3 is 25.8 Å². The molecule has 0 radical (unpaired) electrons. The van der Waals surface area contributed by atoms with Crippen molar-refractivity contribution in [3.63, 3.8) is 0 Å². The molecule has 2 heterocycles. The number of hydrogen-bond donors (Lipinski definition) is 4. The summed E-state index contributed by atoms with van der Waals surface area (Å²) in [5.41, 5.74) is 2.55. The molecular weight excluding hydrogens is 646 g/mol. The van der Waals surface area contributed by atoms with Crippen LogP contribution < -0.4 is 16.0 Å². The summed E-state index contributed by atoms with van der Waals surface area (Å²) in [6.45, 7) is 17.3. The van der Waals surface area contributed by atoms with E-state index in [9.17, 15) is 14.0 Å². The van der Waals surface area contributed by atoms with Crippen molar-refractivity contribution in [3.8, 4) is 0 Å². The van der Waals surface area contributed by atoms with Gasteiger partial charge in [0.2, 0.25) is 5.91 Å². The number of H-pyrrole nitrogens is 1. The second kappa shape index (κ2) is 19.7. The van der Waals surface area contributed by atoms with Crippen molar-refractivity contribution in [2.45, 2.75) is 72.0 Å². The number of amides is 3. The number of nitrogens with zero attached hydrogens (tertiary/aromatic N) is 2. The summed E-state index contributed by atoms with van der Waals surface area (Å²) >= 11 is 0. The predicted octanol–water partition coefficient (Wildman–Crippen LogP) is 7.71. The second-order valence-electron chi connectivity index (χ2n) is 9.58. The number of imidazole rings is 1. The van der Waals surface area contributed by atoms with Crippen LogP contribution in [0.2, 0.25) is 0 Å². The number of nitrogens with one attached hydrogen (secondary N) is 4. The Bertz CT molecular complexity index is 1280. The Labute approximate surface area is 271 Å². The molecule has 1 fully saturated rings. The van der Waals surface area contributed by atoms with Gasteiger partial charge in [0.25, 0.3) is 0 Å². The Balaban J connectivity index is -0.00000185. The van der Waals surface area contributed by atoms with Gasteiger partial charge in [-0.05, 0) is 50.8 Å². The fraction of sp³-hybridized carbons (Fsp3) is 0.406. The molecule has 0 aliphatic carbocycles. The molecule has 1 aliphatic heterocycles. The number of hydrogen-bond acceptors (Lipinski definition) is 4. The maximum Gasteiger partial charge on any atom is 0.315 e. The highest BCUT2D eigenvalue weighted by molar-refractivity contribution is 14.0. The standard InChI is InChI=1S/C27H33FN6O2.C3H6.C2H6.HI.3H2/c1-18(34-14-7-4-8-15-34)16-23(32-27(36)29-17-20-10-5-3-6-11-20)26(35)30-19(2)25-31-22-13-9-12-21(28)24(22)33-25;1-3-2;1-2;;;;/h3,5-6,9-13,19,23H,1,4,7-8,14-17H2,2H3,(H,30,35)(H,31,33)(H2,29,32,36);3H,1H2,2H3;1-2H3;4*1H/t19-,23-;;;;;;/m0....../s1. The first-order chi connectivity index (χ1) is 19.8. The van der Waals surface area contributed by atoms with Crippen molar-refractivity contribution in [2.24, 2.45) is 0 Å². The third-order valence-electron chi connectivity index (χ3n) is 6.41. The van der Waals surface area contributed by atoms with E-state index in [0.29, 0.717) is 17.9 Å². The van der Waals surface area contributed by atoms with Crippen LogP contribution in [0.25, 0.3) is 11.0 Å². The molecule has 3 aromatic rings. The smallest absolute Gasteiger partial charge is 0.315 e. The maximum absolute atomic E-state index is 14.1. The number of carbonyl (C=O) groups excluding carboxylic acids is 2. The lowest BCUT2D eigenvalue weighted by Crippen LogP contribution is -2.51. The number of rotatable bonds is 9. The Morgan fingerprint density at radius 3 is 2.36 bits per heavy atom. The number of aromatic nitrogens is 2. The van der Waals surface area contributed by atoms with Crippen molar-refractivity contribution in [1.29, 1.82) is 0 Å². The fourth-order valence-corrected chi connectivity index (χ4v) is 4.38. The van der Waals surface area contributed by atoms with E-state index < -0.39 is 23.9 Å². The van der Waals surface area contributed by atoms with Gasteiger partial charge >= 0.3 is 6.03 Å². The Kier molecular flexibility index (Phi) is 17.1. The third kappa shape index (κ3) is 11.5. The normalized spacial score (nSPS) is 13.5. The van der Waals surface area contributed by atoms with Crippen LogP contribution in [-0.4, -0.2) is 45.9 Å². The third-order valence-corrected chi connectivity index (χ3v) is 6.41. The minimum Gasteiger partial charge on any atom is -0.375 e. The van der Waals surface area contributed by atoms with Crippen molar-refractivity contribution in [3.05, 3.63) is 90.7 Å². The number of carbonyl (C=O) groups is 2. The SMILES string of the molecule is C=C(C[C@H](NC(=O)NCc1ccccc1)C(=O)N[C@@H](C)c1nc2c(F)cccc2[nH]1)N1CCCCC1.C=CC.CC.I.[HH].[HH].[HH]. The highest BCUT2D eigenvalue weighted by atomic mass is 127. The molecule has 1 saturated heterocycles. The van der Waals surface area contributed by atoms with Gasteiger partial charge in [0, 0.05) is 36.0 Å². The number of likely N-dealkylation sites (tertiary alicyclic amines) is 1. The van der Waals surface area contributed by atoms with E-state index in [1.54, 1.807) is 25.1 Å². The van der Waals surface area contributed by atoms with E-state index in [-0.39, 0.29) is 46.1 Å². The Morgan fingerprint density at radius 2 is 1.74 bits per heavy atom. The summed E-state index contributed by atoms with van der Waals surface area (Å²) < 4.78 is 14.1. The largest absolute Gasteiger partial charge is 0.375 e. The molecule has 0 spiro atoms. The summed E-state index contributed by atoms with van der Waals surface area (Å²) in [5, 5.41) is 8.53. The molecule has 2 atom stereocenters. The van der Waals surface area contributed by atoms with Gasteiger partial charge in [0.05, 0.1) is 11.6 Å². The quantitative estimate of drug-likeness (QED) is 0.136. The first-order valence-electron chi connectivity index (χ1n) is 14.3. The number of benzene rings is 2. The number of para-hydroxylation sites is 1. The van der Waals surface area contributed by atoms with Crippen molar-refractivity contribution in [1.82, 2.24) is 30.8 Å². The number of urea groups is 1. The zero-order chi connectivity index (χ0) is 30.2. The summed E-state index contributed by atoms with van der Waals surface area (Å²) in [5.74, 6) is -0.358. The summed E-state index contributed by atoms with van der Waals surface area (Å²) in [4.78, 5) is 35.6. The van der Waals surface area contributed by atoms with E-state index >= 15 is 0 Å². The number of aromatic amines is 1. The highest BCUT2D eigenvalue weighted by Crippen LogP contribution is 2.20. The van der Waals surface area contributed by atoms with Crippen molar-refractivity contribution >= 4 is 46.9 Å². The Hall–Kier alpha value is -3.41. The topological polar surface area (TPSA) is 102 Å². The molecule has 8 nitrogen and oxygen atoms in total. The molecule has 1 aromatic heterocycles. The van der Waals surface area contributed by atoms with E-state index in [4.69, 9.17) is 0 Å². The monoisotopic (exact) mass is 698 g/mol. The summed E-state index contributed by atoms with van der Waals surface area (Å²) in [6.07, 6.45) is 5.39. The molecule has 1 aliphatic rings. The number of piperidine rings is 1. The molecule has 0 saturated carbocycles. The lowest BCUT2D eigenvalue weighted by atomic mass is 10.1. The molecule has 0 bridgehead atoms. The molecule has 0 unspecified atom stereocenters. The van der Waals surface area contributed by atoms with Crippen LogP contribution in [0.5, 0.6) is 0 Å². The molecule has 42 heavy (non-hydrogen) atoms. The van der Waals surface area contributed by atoms with Gasteiger partial charge in [0.1, 0.15) is 17.4 Å². The molecule has 4 rings (SSSR count). The second-order valence-corrected chi connectivity index (χ2v) is 9.58. The van der Waals surface area contributed by atoms with E-state index in [1.165, 1.54) is 12.5 Å². The molecular formula is C32H52FIN6O2. The zero-order valence-corrected chi connectivity index (χ0v) is 27.5. The van der Waals surface area contributed by atoms with Gasteiger partial charge in [-0.15, -0.1) is 30.6 Å². The lowest BCUT2D eigenvalue weighted by Gasteiger charge is -2.32. The zero-order valence-electron chi connectivity index (χ0n) is 25.2. The van der Waals surface area contributed by atoms with Gasteiger partial charge in [-0.1, -0.05) is 62.9 Å². The van der Waals surface area contributed by atoms with Crippen molar-refractivity contribution < 1.29 is 18.3 Å². The van der Waals surface area contributed by atoms with E-state index in [2.05, 4.69) is 44.0 Å². The van der Waals surface area contributed by atoms with Crippen molar-refractivity contribution in [2.75, 3.05) is 13.1 Å². The van der Waals surface area contributed by atoms with Crippen LogP contribution in [0.1, 0.15) is 75.1 Å². The first-order valence-corrected chi connectivity index (χ1v) is 14.3. The average Bonchev–Trinajstić information content (AvgIpc) is 3.44. The van der Waals surface area contributed by atoms with Gasteiger partial charge in [-0.25, -0.2) is 14.2 Å². The van der Waals surface area contributed by atoms with Crippen LogP contribution >= 0.6 is 24.0 Å². The van der Waals surface area contributed by atoms with Crippen LogP contribution in [-0.2, 0) is 11.3 Å². The average molecular weight is 699 g/mol. The predicted molar refractivity (Wildman–Crippen MR) is 186 cm³/mol. The summed E-state index contributed by atoms with van der Waals surface area (Å²) in [7, 11) is 0. The highest BCUT2D eigenvalue weighted by Gasteiger charge is 2.26. The van der Waals surface area contributed by atoms with E-state index in [0.717, 1.165) is 37.2 Å². The van der Waals surface area contributed by atoms with Crippen LogP contribution in [0.15, 0.2) is 73.5 Å². The molecule has 10 heteroatoms. The number of fused-ring (bicyclic) bond motifs is 1. The summed E-state index contributed by atoms with van der Waals surface area (Å²) in [6, 6.07) is 12.4. The molecule has 3 amide bonds. The van der Waals surface area contributed by atoms with Crippen LogP contribution in [0.4, 0.5) is 9.18 Å². The molecule has 4 N–H and O–H groups in total. The van der Waals surface area contributed by atoms with Gasteiger partial charge in [-0.3, -0.25) is 4.79 Å². The first kappa shape index (κ1) is 36.6. The number of allylic oxidation sites excluding steroid dienone is 1. The van der Waals surface area contributed by atoms with Gasteiger partial charge in [-0.2, -0.15) is 0 Å². The van der Waals surface area contributed by atoms with Gasteiger partial charge in [0.15, 0.2) is 5.82 Å². The molecule has 236 valence electrons. The molecule has 2 aromatic carbocycles. The fourth-order valence-electron chi connectivity index (χ4n) is 4.38. The maximum atomic E-state index is 14.1. The number of halogens is 2. The van der Waals surface area contributed by atoms with Crippen LogP contribution in [0, 0.1) is 5.82 Å². The van der Waals surface area contributed by atoms with E-state index in [1.807, 2.05) is 51.1 Å². The minimum atomic E-state index is -0.834. The lowest BCUT2D eigenvalue weighted by molar-refractivity contribution is -0.123. The Morgan fingerprint density at radius 1 is 1.10 bits per heavy atom.